The summed E-state index contributed by atoms with van der Waals surface area (Å²) in [5.41, 5.74) is 0. The van der Waals surface area contributed by atoms with Crippen LogP contribution in [0.1, 0.15) is 70.6 Å². The lowest BCUT2D eigenvalue weighted by molar-refractivity contribution is 0.290. The molecule has 1 unspecified atom stereocenters. The van der Waals surface area contributed by atoms with Gasteiger partial charge in [-0.2, -0.15) is 0 Å². The fourth-order valence-corrected chi connectivity index (χ4v) is 3.86. The molecule has 0 aliphatic heterocycles. The van der Waals surface area contributed by atoms with Crippen LogP contribution in [-0.2, 0) is 0 Å². The third-order valence-electron chi connectivity index (χ3n) is 4.90. The van der Waals surface area contributed by atoms with Gasteiger partial charge in [-0.15, -0.1) is 0 Å². The molecule has 0 aromatic heterocycles. The molecule has 2 fully saturated rings. The van der Waals surface area contributed by atoms with E-state index in [1.165, 1.54) is 70.6 Å². The minimum atomic E-state index is 0.825. The van der Waals surface area contributed by atoms with Crippen LogP contribution in [0.4, 0.5) is 0 Å². The van der Waals surface area contributed by atoms with E-state index in [4.69, 9.17) is 0 Å². The Labute approximate surface area is 101 Å². The van der Waals surface area contributed by atoms with Gasteiger partial charge in [-0.3, -0.25) is 0 Å². The van der Waals surface area contributed by atoms with E-state index >= 15 is 0 Å². The second-order valence-electron chi connectivity index (χ2n) is 6.03. The minimum Gasteiger partial charge on any atom is -0.317 e. The van der Waals surface area contributed by atoms with E-state index in [-0.39, 0.29) is 0 Å². The Morgan fingerprint density at radius 3 is 2.00 bits per heavy atom. The van der Waals surface area contributed by atoms with Crippen LogP contribution in [0.2, 0.25) is 0 Å². The van der Waals surface area contributed by atoms with E-state index in [1.54, 1.807) is 0 Å². The highest BCUT2D eigenvalue weighted by Gasteiger charge is 2.26. The Balaban J connectivity index is 1.79. The fraction of sp³-hybridized carbons (Fsp3) is 1.00. The second kappa shape index (κ2) is 6.64. The van der Waals surface area contributed by atoms with Crippen LogP contribution < -0.4 is 5.32 Å². The molecule has 1 N–H and O–H groups in total. The standard InChI is InChI=1S/C15H29N/c1-16-15(14-10-6-7-11-14)12-13-8-4-2-3-5-9-13/h13-16H,2-12H2,1H3. The SMILES string of the molecule is CNC(CC1CCCCCC1)C1CCCC1. The van der Waals surface area contributed by atoms with Gasteiger partial charge in [0.2, 0.25) is 0 Å². The molecule has 1 nitrogen and oxygen atoms in total. The molecule has 2 saturated carbocycles. The quantitative estimate of drug-likeness (QED) is 0.707. The van der Waals surface area contributed by atoms with E-state index in [1.807, 2.05) is 0 Å². The summed E-state index contributed by atoms with van der Waals surface area (Å²) in [7, 11) is 2.18. The van der Waals surface area contributed by atoms with Crippen LogP contribution in [0.5, 0.6) is 0 Å². The molecule has 1 atom stereocenters. The van der Waals surface area contributed by atoms with E-state index < -0.39 is 0 Å². The average molecular weight is 223 g/mol. The molecule has 0 radical (unpaired) electrons. The molecule has 94 valence electrons. The highest BCUT2D eigenvalue weighted by molar-refractivity contribution is 4.82. The highest BCUT2D eigenvalue weighted by atomic mass is 14.9. The zero-order valence-corrected chi connectivity index (χ0v) is 11.0. The lowest BCUT2D eigenvalue weighted by Crippen LogP contribution is -2.34. The molecular weight excluding hydrogens is 194 g/mol. The van der Waals surface area contributed by atoms with E-state index in [9.17, 15) is 0 Å². The average Bonchev–Trinajstić information content (AvgIpc) is 2.71. The van der Waals surface area contributed by atoms with Crippen molar-refractivity contribution in [1.82, 2.24) is 5.32 Å². The van der Waals surface area contributed by atoms with Crippen LogP contribution in [0, 0.1) is 11.8 Å². The summed E-state index contributed by atoms with van der Waals surface area (Å²) in [5, 5.41) is 3.61. The summed E-state index contributed by atoms with van der Waals surface area (Å²) >= 11 is 0. The molecule has 2 aliphatic carbocycles. The minimum absolute atomic E-state index is 0.825. The van der Waals surface area contributed by atoms with E-state index in [0.717, 1.165) is 17.9 Å². The summed E-state index contributed by atoms with van der Waals surface area (Å²) in [6, 6.07) is 0.825. The van der Waals surface area contributed by atoms with Gasteiger partial charge in [-0.1, -0.05) is 51.4 Å². The molecule has 1 heteroatoms. The number of nitrogens with one attached hydrogen (secondary N) is 1. The van der Waals surface area contributed by atoms with Crippen molar-refractivity contribution in [2.45, 2.75) is 76.7 Å². The van der Waals surface area contributed by atoms with E-state index in [2.05, 4.69) is 12.4 Å². The highest BCUT2D eigenvalue weighted by Crippen LogP contribution is 2.33. The predicted molar refractivity (Wildman–Crippen MR) is 70.6 cm³/mol. The van der Waals surface area contributed by atoms with Crippen molar-refractivity contribution < 1.29 is 0 Å². The number of hydrogen-bond donors (Lipinski definition) is 1. The molecular formula is C15H29N. The Hall–Kier alpha value is -0.0400. The first kappa shape index (κ1) is 12.4. The Bertz CT molecular complexity index is 176. The van der Waals surface area contributed by atoms with Gasteiger partial charge in [0.1, 0.15) is 0 Å². The molecule has 2 aliphatic rings. The summed E-state index contributed by atoms with van der Waals surface area (Å²) in [6.45, 7) is 0. The summed E-state index contributed by atoms with van der Waals surface area (Å²) < 4.78 is 0. The van der Waals surface area contributed by atoms with Crippen molar-refractivity contribution in [3.63, 3.8) is 0 Å². The van der Waals surface area contributed by atoms with Gasteiger partial charge in [0.05, 0.1) is 0 Å². The predicted octanol–water partition coefficient (Wildman–Crippen LogP) is 4.13. The van der Waals surface area contributed by atoms with Crippen molar-refractivity contribution in [2.75, 3.05) is 7.05 Å². The molecule has 0 bridgehead atoms. The summed E-state index contributed by atoms with van der Waals surface area (Å²) in [6.07, 6.45) is 16.4. The van der Waals surface area contributed by atoms with Crippen LogP contribution in [0.3, 0.4) is 0 Å². The van der Waals surface area contributed by atoms with Crippen molar-refractivity contribution in [2.24, 2.45) is 11.8 Å². The van der Waals surface area contributed by atoms with Crippen molar-refractivity contribution in [3.8, 4) is 0 Å². The molecule has 0 spiro atoms. The second-order valence-corrected chi connectivity index (χ2v) is 6.03. The smallest absolute Gasteiger partial charge is 0.00949 e. The lowest BCUT2D eigenvalue weighted by Gasteiger charge is -2.27. The van der Waals surface area contributed by atoms with Crippen LogP contribution in [0.15, 0.2) is 0 Å². The summed E-state index contributed by atoms with van der Waals surface area (Å²) in [5.74, 6) is 2.02. The Kier molecular flexibility index (Phi) is 5.15. The normalized spacial score (nSPS) is 26.8. The van der Waals surface area contributed by atoms with Crippen molar-refractivity contribution in [1.29, 1.82) is 0 Å². The monoisotopic (exact) mass is 223 g/mol. The van der Waals surface area contributed by atoms with Crippen LogP contribution >= 0.6 is 0 Å². The maximum absolute atomic E-state index is 3.61. The van der Waals surface area contributed by atoms with Crippen LogP contribution in [-0.4, -0.2) is 13.1 Å². The maximum atomic E-state index is 3.61. The van der Waals surface area contributed by atoms with Gasteiger partial charge in [0.25, 0.3) is 0 Å². The summed E-state index contributed by atoms with van der Waals surface area (Å²) in [4.78, 5) is 0. The van der Waals surface area contributed by atoms with E-state index in [0.29, 0.717) is 0 Å². The largest absolute Gasteiger partial charge is 0.317 e. The first-order valence-corrected chi connectivity index (χ1v) is 7.57. The third-order valence-corrected chi connectivity index (χ3v) is 4.90. The van der Waals surface area contributed by atoms with Crippen molar-refractivity contribution in [3.05, 3.63) is 0 Å². The van der Waals surface area contributed by atoms with Gasteiger partial charge in [0.15, 0.2) is 0 Å². The third kappa shape index (κ3) is 3.48. The maximum Gasteiger partial charge on any atom is 0.00949 e. The molecule has 16 heavy (non-hydrogen) atoms. The zero-order valence-electron chi connectivity index (χ0n) is 11.0. The molecule has 0 aromatic carbocycles. The first-order valence-electron chi connectivity index (χ1n) is 7.57. The zero-order chi connectivity index (χ0) is 11.2. The Morgan fingerprint density at radius 2 is 1.44 bits per heavy atom. The van der Waals surface area contributed by atoms with Gasteiger partial charge in [-0.25, -0.2) is 0 Å². The Morgan fingerprint density at radius 1 is 0.875 bits per heavy atom. The molecule has 0 aromatic rings. The van der Waals surface area contributed by atoms with Crippen LogP contribution in [0.25, 0.3) is 0 Å². The van der Waals surface area contributed by atoms with Crippen molar-refractivity contribution >= 4 is 0 Å². The van der Waals surface area contributed by atoms with Gasteiger partial charge < -0.3 is 5.32 Å². The number of rotatable bonds is 4. The van der Waals surface area contributed by atoms with Gasteiger partial charge in [-0.05, 0) is 38.1 Å². The van der Waals surface area contributed by atoms with Gasteiger partial charge >= 0.3 is 0 Å². The molecule has 0 heterocycles. The van der Waals surface area contributed by atoms with Gasteiger partial charge in [0, 0.05) is 6.04 Å². The molecule has 0 amide bonds. The lowest BCUT2D eigenvalue weighted by atomic mass is 9.86. The fourth-order valence-electron chi connectivity index (χ4n) is 3.86. The number of hydrogen-bond acceptors (Lipinski definition) is 1. The molecule has 2 rings (SSSR count). The first-order chi connectivity index (χ1) is 7.90. The topological polar surface area (TPSA) is 12.0 Å². The molecule has 0 saturated heterocycles.